The summed E-state index contributed by atoms with van der Waals surface area (Å²) in [6.07, 6.45) is 0. The number of methoxy groups -OCH3 is 2. The van der Waals surface area contributed by atoms with Gasteiger partial charge in [0.1, 0.15) is 11.5 Å². The van der Waals surface area contributed by atoms with Gasteiger partial charge in [0.2, 0.25) is 0 Å². The van der Waals surface area contributed by atoms with E-state index in [0.717, 1.165) is 10.9 Å². The molecule has 0 bridgehead atoms. The smallest absolute Gasteiger partial charge is 0.497 e. The minimum atomic E-state index is -2.99. The molecule has 1 aromatic rings. The molecule has 0 aromatic heterocycles. The third kappa shape index (κ3) is 3.73. The summed E-state index contributed by atoms with van der Waals surface area (Å²) >= 11 is 0. The summed E-state index contributed by atoms with van der Waals surface area (Å²) < 4.78 is 28.4. The molecule has 0 saturated heterocycles. The summed E-state index contributed by atoms with van der Waals surface area (Å²) in [5, 5.41) is 0.796. The number of rotatable bonds is 9. The van der Waals surface area contributed by atoms with Crippen LogP contribution in [0.15, 0.2) is 18.2 Å². The molecule has 6 heteroatoms. The molecule has 0 radical (unpaired) electrons. The summed E-state index contributed by atoms with van der Waals surface area (Å²) in [4.78, 5) is 0. The van der Waals surface area contributed by atoms with Gasteiger partial charge in [0.15, 0.2) is 0 Å². The first kappa shape index (κ1) is 17.0. The van der Waals surface area contributed by atoms with Crippen LogP contribution in [0.25, 0.3) is 0 Å². The van der Waals surface area contributed by atoms with E-state index in [0.29, 0.717) is 25.6 Å². The van der Waals surface area contributed by atoms with Crippen molar-refractivity contribution in [2.45, 2.75) is 20.8 Å². The van der Waals surface area contributed by atoms with Gasteiger partial charge >= 0.3 is 8.80 Å². The zero-order chi connectivity index (χ0) is 15.0. The molecule has 20 heavy (non-hydrogen) atoms. The SMILES string of the molecule is CCO[Si](OCC)(OCC)c1cc(OC)ccc1OC. The van der Waals surface area contributed by atoms with Crippen LogP contribution in [-0.4, -0.2) is 42.8 Å². The van der Waals surface area contributed by atoms with Crippen molar-refractivity contribution in [2.24, 2.45) is 0 Å². The van der Waals surface area contributed by atoms with Crippen LogP contribution in [0.2, 0.25) is 0 Å². The van der Waals surface area contributed by atoms with Gasteiger partial charge in [-0.25, -0.2) is 0 Å². The monoisotopic (exact) mass is 300 g/mol. The first-order chi connectivity index (χ1) is 9.67. The zero-order valence-electron chi connectivity index (χ0n) is 12.9. The Labute approximate surface area is 122 Å². The third-order valence-electron chi connectivity index (χ3n) is 2.74. The van der Waals surface area contributed by atoms with Gasteiger partial charge in [0, 0.05) is 19.8 Å². The molecule has 5 nitrogen and oxygen atoms in total. The third-order valence-corrected chi connectivity index (χ3v) is 5.80. The predicted octanol–water partition coefficient (Wildman–Crippen LogP) is 1.96. The molecule has 0 unspecified atom stereocenters. The first-order valence-electron chi connectivity index (χ1n) is 6.81. The van der Waals surface area contributed by atoms with Gasteiger partial charge in [-0.3, -0.25) is 0 Å². The van der Waals surface area contributed by atoms with E-state index in [1.807, 2.05) is 39.0 Å². The van der Waals surface area contributed by atoms with Crippen molar-refractivity contribution in [3.05, 3.63) is 18.2 Å². The molecule has 0 aliphatic heterocycles. The highest BCUT2D eigenvalue weighted by atomic mass is 28.4. The predicted molar refractivity (Wildman–Crippen MR) is 79.8 cm³/mol. The largest absolute Gasteiger partial charge is 0.541 e. The Balaban J connectivity index is 3.35. The van der Waals surface area contributed by atoms with Crippen LogP contribution < -0.4 is 14.7 Å². The van der Waals surface area contributed by atoms with Crippen LogP contribution in [0, 0.1) is 0 Å². The fourth-order valence-electron chi connectivity index (χ4n) is 1.98. The van der Waals surface area contributed by atoms with Gasteiger partial charge in [-0.1, -0.05) is 0 Å². The van der Waals surface area contributed by atoms with Crippen LogP contribution in [-0.2, 0) is 13.3 Å². The average Bonchev–Trinajstić information content (AvgIpc) is 2.47. The van der Waals surface area contributed by atoms with E-state index < -0.39 is 8.80 Å². The molecular weight excluding hydrogens is 276 g/mol. The Morgan fingerprint density at radius 1 is 0.850 bits per heavy atom. The van der Waals surface area contributed by atoms with Gasteiger partial charge in [-0.2, -0.15) is 0 Å². The van der Waals surface area contributed by atoms with Crippen LogP contribution in [0.3, 0.4) is 0 Å². The van der Waals surface area contributed by atoms with Gasteiger partial charge in [0.25, 0.3) is 0 Å². The normalized spacial score (nSPS) is 11.4. The van der Waals surface area contributed by atoms with Gasteiger partial charge in [0.05, 0.1) is 19.4 Å². The summed E-state index contributed by atoms with van der Waals surface area (Å²) in [6.45, 7) is 7.29. The maximum Gasteiger partial charge on any atom is 0.541 e. The van der Waals surface area contributed by atoms with Gasteiger partial charge < -0.3 is 22.8 Å². The van der Waals surface area contributed by atoms with Crippen molar-refractivity contribution < 1.29 is 22.8 Å². The lowest BCUT2D eigenvalue weighted by atomic mass is 10.3. The highest BCUT2D eigenvalue weighted by molar-refractivity contribution is 6.76. The molecule has 0 amide bonds. The van der Waals surface area contributed by atoms with E-state index in [4.69, 9.17) is 22.8 Å². The Morgan fingerprint density at radius 3 is 1.80 bits per heavy atom. The number of hydrogen-bond donors (Lipinski definition) is 0. The van der Waals surface area contributed by atoms with Crippen molar-refractivity contribution >= 4 is 14.0 Å². The van der Waals surface area contributed by atoms with E-state index in [1.165, 1.54) is 0 Å². The Kier molecular flexibility index (Phi) is 7.01. The molecule has 0 aliphatic rings. The maximum absolute atomic E-state index is 5.90. The van der Waals surface area contributed by atoms with E-state index in [1.54, 1.807) is 14.2 Å². The second-order valence-corrected chi connectivity index (χ2v) is 6.44. The van der Waals surface area contributed by atoms with Crippen LogP contribution in [0.1, 0.15) is 20.8 Å². The highest BCUT2D eigenvalue weighted by Crippen LogP contribution is 2.22. The van der Waals surface area contributed by atoms with E-state index in [-0.39, 0.29) is 0 Å². The maximum atomic E-state index is 5.90. The summed E-state index contributed by atoms with van der Waals surface area (Å²) in [6, 6.07) is 5.55. The molecule has 0 saturated carbocycles. The second kappa shape index (κ2) is 8.26. The topological polar surface area (TPSA) is 46.2 Å². The van der Waals surface area contributed by atoms with Crippen molar-refractivity contribution in [3.8, 4) is 11.5 Å². The molecule has 0 heterocycles. The van der Waals surface area contributed by atoms with Crippen molar-refractivity contribution in [3.63, 3.8) is 0 Å². The highest BCUT2D eigenvalue weighted by Gasteiger charge is 2.46. The second-order valence-electron chi connectivity index (χ2n) is 3.92. The van der Waals surface area contributed by atoms with Crippen LogP contribution >= 0.6 is 0 Å². The van der Waals surface area contributed by atoms with Crippen molar-refractivity contribution in [1.29, 1.82) is 0 Å². The van der Waals surface area contributed by atoms with Gasteiger partial charge in [-0.05, 0) is 39.0 Å². The molecule has 114 valence electrons. The van der Waals surface area contributed by atoms with E-state index >= 15 is 0 Å². The average molecular weight is 300 g/mol. The molecule has 0 fully saturated rings. The fourth-order valence-corrected chi connectivity index (χ4v) is 4.64. The fraction of sp³-hybridized carbons (Fsp3) is 0.571. The molecule has 1 aromatic carbocycles. The number of hydrogen-bond acceptors (Lipinski definition) is 5. The zero-order valence-corrected chi connectivity index (χ0v) is 13.9. The van der Waals surface area contributed by atoms with E-state index in [9.17, 15) is 0 Å². The standard InChI is InChI=1S/C14H24O5Si/c1-6-17-20(18-7-2,19-8-3)14-11-12(15-4)9-10-13(14)16-5/h9-11H,6-8H2,1-5H3. The lowest BCUT2D eigenvalue weighted by molar-refractivity contribution is 0.0853. The molecule has 0 atom stereocenters. The van der Waals surface area contributed by atoms with Crippen LogP contribution in [0.4, 0.5) is 0 Å². The summed E-state index contributed by atoms with van der Waals surface area (Å²) in [7, 11) is 0.251. The summed E-state index contributed by atoms with van der Waals surface area (Å²) in [5.74, 6) is 1.41. The lowest BCUT2D eigenvalue weighted by Gasteiger charge is -2.29. The Bertz CT molecular complexity index is 394. The number of benzene rings is 1. The molecular formula is C14H24O5Si. The Hall–Kier alpha value is -1.08. The lowest BCUT2D eigenvalue weighted by Crippen LogP contribution is -2.57. The molecule has 0 aliphatic carbocycles. The molecule has 1 rings (SSSR count). The molecule has 0 N–H and O–H groups in total. The van der Waals surface area contributed by atoms with Crippen molar-refractivity contribution in [1.82, 2.24) is 0 Å². The quantitative estimate of drug-likeness (QED) is 0.652. The van der Waals surface area contributed by atoms with Crippen LogP contribution in [0.5, 0.6) is 11.5 Å². The van der Waals surface area contributed by atoms with Crippen molar-refractivity contribution in [2.75, 3.05) is 34.0 Å². The first-order valence-corrected chi connectivity index (χ1v) is 8.54. The van der Waals surface area contributed by atoms with E-state index in [2.05, 4.69) is 0 Å². The summed E-state index contributed by atoms with van der Waals surface area (Å²) in [5.41, 5.74) is 0. The number of ether oxygens (including phenoxy) is 2. The minimum absolute atomic E-state index is 0.507. The minimum Gasteiger partial charge on any atom is -0.497 e. The molecule has 0 spiro atoms. The van der Waals surface area contributed by atoms with Gasteiger partial charge in [-0.15, -0.1) is 0 Å². The Morgan fingerprint density at radius 2 is 1.40 bits per heavy atom.